The standard InChI is InChI=1S/C25H39N3O4S/c1-27(22-8-4-2-5-9-22)33(30,31)23-12-10-21(11-13-23)24(29)26-20-25(14-6-3-7-15-25)28-16-18-32-19-17-28/h10-13,22H,2-9,14-20H2,1H3,(H,26,29). The Balaban J connectivity index is 1.40. The van der Waals surface area contributed by atoms with Gasteiger partial charge in [-0.05, 0) is 49.9 Å². The lowest BCUT2D eigenvalue weighted by Gasteiger charge is -2.48. The lowest BCUT2D eigenvalue weighted by Crippen LogP contribution is -2.59. The van der Waals surface area contributed by atoms with Crippen LogP contribution in [0.3, 0.4) is 0 Å². The summed E-state index contributed by atoms with van der Waals surface area (Å²) in [6.07, 6.45) is 11.0. The Morgan fingerprint density at radius 1 is 1.03 bits per heavy atom. The van der Waals surface area contributed by atoms with Crippen molar-refractivity contribution in [1.29, 1.82) is 0 Å². The zero-order valence-corrected chi connectivity index (χ0v) is 20.7. The van der Waals surface area contributed by atoms with Crippen LogP contribution in [-0.2, 0) is 14.8 Å². The first-order valence-corrected chi connectivity index (χ1v) is 14.1. The van der Waals surface area contributed by atoms with Crippen molar-refractivity contribution in [2.24, 2.45) is 0 Å². The van der Waals surface area contributed by atoms with Crippen LogP contribution in [0.15, 0.2) is 29.2 Å². The molecule has 8 heteroatoms. The van der Waals surface area contributed by atoms with E-state index < -0.39 is 10.0 Å². The summed E-state index contributed by atoms with van der Waals surface area (Å²) < 4.78 is 33.2. The van der Waals surface area contributed by atoms with Crippen LogP contribution in [0.25, 0.3) is 0 Å². The average Bonchev–Trinajstić information content (AvgIpc) is 2.88. The van der Waals surface area contributed by atoms with E-state index in [2.05, 4.69) is 10.2 Å². The third-order valence-electron chi connectivity index (χ3n) is 7.93. The van der Waals surface area contributed by atoms with Crippen molar-refractivity contribution in [2.45, 2.75) is 80.7 Å². The number of hydrogen-bond acceptors (Lipinski definition) is 5. The van der Waals surface area contributed by atoms with Crippen molar-refractivity contribution in [3.8, 4) is 0 Å². The maximum absolute atomic E-state index is 13.1. The van der Waals surface area contributed by atoms with Crippen molar-refractivity contribution in [2.75, 3.05) is 39.9 Å². The molecule has 33 heavy (non-hydrogen) atoms. The van der Waals surface area contributed by atoms with E-state index in [0.717, 1.165) is 64.8 Å². The van der Waals surface area contributed by atoms with Crippen LogP contribution in [0.1, 0.15) is 74.6 Å². The molecule has 1 N–H and O–H groups in total. The Kier molecular flexibility index (Phi) is 8.10. The first-order valence-electron chi connectivity index (χ1n) is 12.6. The maximum Gasteiger partial charge on any atom is 0.251 e. The topological polar surface area (TPSA) is 79.0 Å². The van der Waals surface area contributed by atoms with Gasteiger partial charge in [0.25, 0.3) is 5.91 Å². The molecule has 7 nitrogen and oxygen atoms in total. The second-order valence-electron chi connectivity index (χ2n) is 9.90. The SMILES string of the molecule is CN(C1CCCCC1)S(=O)(=O)c1ccc(C(=O)NCC2(N3CCOCC3)CCCCC2)cc1. The largest absolute Gasteiger partial charge is 0.379 e. The van der Waals surface area contributed by atoms with Gasteiger partial charge in [0.1, 0.15) is 0 Å². The Labute approximate surface area is 198 Å². The highest BCUT2D eigenvalue weighted by Crippen LogP contribution is 2.34. The fraction of sp³-hybridized carbons (Fsp3) is 0.720. The summed E-state index contributed by atoms with van der Waals surface area (Å²) in [6, 6.07) is 6.49. The number of sulfonamides is 1. The van der Waals surface area contributed by atoms with Gasteiger partial charge in [-0.1, -0.05) is 38.5 Å². The first-order chi connectivity index (χ1) is 15.9. The van der Waals surface area contributed by atoms with Crippen molar-refractivity contribution in [3.05, 3.63) is 29.8 Å². The quantitative estimate of drug-likeness (QED) is 0.651. The van der Waals surface area contributed by atoms with E-state index in [-0.39, 0.29) is 22.4 Å². The zero-order chi connectivity index (χ0) is 23.3. The fourth-order valence-corrected chi connectivity index (χ4v) is 7.20. The number of amides is 1. The second-order valence-corrected chi connectivity index (χ2v) is 11.9. The van der Waals surface area contributed by atoms with Gasteiger partial charge < -0.3 is 10.1 Å². The Morgan fingerprint density at radius 3 is 2.27 bits per heavy atom. The minimum absolute atomic E-state index is 0.00365. The normalized spacial score (nSPS) is 22.8. The predicted octanol–water partition coefficient (Wildman–Crippen LogP) is 3.40. The summed E-state index contributed by atoms with van der Waals surface area (Å²) in [6.45, 7) is 3.95. The fourth-order valence-electron chi connectivity index (χ4n) is 5.78. The van der Waals surface area contributed by atoms with Crippen LogP contribution >= 0.6 is 0 Å². The van der Waals surface area contributed by atoms with Crippen LogP contribution in [0, 0.1) is 0 Å². The van der Waals surface area contributed by atoms with Crippen LogP contribution in [0.2, 0.25) is 0 Å². The zero-order valence-electron chi connectivity index (χ0n) is 19.9. The molecule has 1 aromatic carbocycles. The molecule has 1 aromatic rings. The van der Waals surface area contributed by atoms with Crippen molar-refractivity contribution in [1.82, 2.24) is 14.5 Å². The molecule has 3 fully saturated rings. The van der Waals surface area contributed by atoms with E-state index in [1.165, 1.54) is 30.0 Å². The van der Waals surface area contributed by atoms with Gasteiger partial charge in [0.15, 0.2) is 0 Å². The molecule has 0 radical (unpaired) electrons. The van der Waals surface area contributed by atoms with E-state index in [9.17, 15) is 13.2 Å². The van der Waals surface area contributed by atoms with Gasteiger partial charge in [0.2, 0.25) is 10.0 Å². The van der Waals surface area contributed by atoms with Gasteiger partial charge in [-0.2, -0.15) is 4.31 Å². The lowest BCUT2D eigenvalue weighted by molar-refractivity contribution is -0.0361. The summed E-state index contributed by atoms with van der Waals surface area (Å²) in [4.78, 5) is 15.7. The van der Waals surface area contributed by atoms with Crippen molar-refractivity contribution in [3.63, 3.8) is 0 Å². The van der Waals surface area contributed by atoms with E-state index in [4.69, 9.17) is 4.74 Å². The monoisotopic (exact) mass is 477 g/mol. The van der Waals surface area contributed by atoms with Crippen molar-refractivity contribution >= 4 is 15.9 Å². The summed E-state index contributed by atoms with van der Waals surface area (Å²) in [7, 11) is -1.87. The first kappa shape index (κ1) is 24.6. The van der Waals surface area contributed by atoms with Gasteiger partial charge in [-0.3, -0.25) is 9.69 Å². The molecule has 0 bridgehead atoms. The summed E-state index contributed by atoms with van der Waals surface area (Å²) in [5.74, 6) is -0.141. The third-order valence-corrected chi connectivity index (χ3v) is 9.85. The molecule has 1 amide bonds. The summed E-state index contributed by atoms with van der Waals surface area (Å²) in [5, 5.41) is 3.16. The van der Waals surface area contributed by atoms with Crippen LogP contribution in [0.5, 0.6) is 0 Å². The number of nitrogens with zero attached hydrogens (tertiary/aromatic N) is 2. The maximum atomic E-state index is 13.1. The average molecular weight is 478 g/mol. The molecule has 2 saturated carbocycles. The molecule has 4 rings (SSSR count). The van der Waals surface area contributed by atoms with Crippen LogP contribution in [0.4, 0.5) is 0 Å². The van der Waals surface area contributed by atoms with Gasteiger partial charge in [-0.25, -0.2) is 8.42 Å². The van der Waals surface area contributed by atoms with Gasteiger partial charge in [-0.15, -0.1) is 0 Å². The number of rotatable bonds is 7. The molecule has 184 valence electrons. The van der Waals surface area contributed by atoms with Gasteiger partial charge in [0, 0.05) is 43.8 Å². The highest BCUT2D eigenvalue weighted by Gasteiger charge is 2.39. The minimum atomic E-state index is -3.55. The molecule has 0 atom stereocenters. The summed E-state index contributed by atoms with van der Waals surface area (Å²) >= 11 is 0. The molecule has 0 unspecified atom stereocenters. The minimum Gasteiger partial charge on any atom is -0.379 e. The highest BCUT2D eigenvalue weighted by molar-refractivity contribution is 7.89. The number of nitrogens with one attached hydrogen (secondary N) is 1. The number of carbonyl (C=O) groups excluding carboxylic acids is 1. The number of ether oxygens (including phenoxy) is 1. The molecule has 2 aliphatic carbocycles. The molecule has 1 saturated heterocycles. The molecule has 3 aliphatic rings. The number of benzene rings is 1. The molecular formula is C25H39N3O4S. The molecule has 1 heterocycles. The Morgan fingerprint density at radius 2 is 1.64 bits per heavy atom. The number of morpholine rings is 1. The van der Waals surface area contributed by atoms with E-state index in [1.54, 1.807) is 31.3 Å². The Hall–Kier alpha value is -1.48. The van der Waals surface area contributed by atoms with Crippen molar-refractivity contribution < 1.29 is 17.9 Å². The highest BCUT2D eigenvalue weighted by atomic mass is 32.2. The molecule has 1 aliphatic heterocycles. The van der Waals surface area contributed by atoms with E-state index >= 15 is 0 Å². The van der Waals surface area contributed by atoms with E-state index in [0.29, 0.717) is 12.1 Å². The molecular weight excluding hydrogens is 438 g/mol. The third kappa shape index (κ3) is 5.61. The number of carbonyl (C=O) groups is 1. The lowest BCUT2D eigenvalue weighted by atomic mass is 9.79. The van der Waals surface area contributed by atoms with E-state index in [1.807, 2.05) is 0 Å². The van der Waals surface area contributed by atoms with Crippen LogP contribution in [-0.4, -0.2) is 75.0 Å². The molecule has 0 spiro atoms. The number of hydrogen-bond donors (Lipinski definition) is 1. The smallest absolute Gasteiger partial charge is 0.251 e. The van der Waals surface area contributed by atoms with Crippen LogP contribution < -0.4 is 5.32 Å². The molecule has 0 aromatic heterocycles. The van der Waals surface area contributed by atoms with Gasteiger partial charge >= 0.3 is 0 Å². The van der Waals surface area contributed by atoms with Gasteiger partial charge in [0.05, 0.1) is 18.1 Å². The Bertz CT molecular complexity index is 885. The second kappa shape index (κ2) is 10.8. The predicted molar refractivity (Wildman–Crippen MR) is 129 cm³/mol. The summed E-state index contributed by atoms with van der Waals surface area (Å²) in [5.41, 5.74) is 0.506.